The van der Waals surface area contributed by atoms with Gasteiger partial charge in [0.2, 0.25) is 0 Å². The van der Waals surface area contributed by atoms with Crippen molar-refractivity contribution in [1.29, 1.82) is 0 Å². The van der Waals surface area contributed by atoms with Crippen molar-refractivity contribution in [3.8, 4) is 0 Å². The second-order valence-electron chi connectivity index (χ2n) is 8.68. The molecule has 1 aromatic heterocycles. The van der Waals surface area contributed by atoms with E-state index in [4.69, 9.17) is 0 Å². The monoisotopic (exact) mass is 375 g/mol. The first kappa shape index (κ1) is 19.2. The molecule has 0 bridgehead atoms. The summed E-state index contributed by atoms with van der Waals surface area (Å²) in [6.45, 7) is 10.0. The minimum atomic E-state index is 0.524. The van der Waals surface area contributed by atoms with Crippen LogP contribution in [0, 0.1) is 0 Å². The Hall–Kier alpha value is -2.10. The fourth-order valence-electron chi connectivity index (χ4n) is 4.37. The maximum Gasteiger partial charge on any atom is 0.0459 e. The molecule has 0 aliphatic carbocycles. The highest BCUT2D eigenvalue weighted by Gasteiger charge is 2.15. The molecule has 3 aromatic rings. The molecule has 3 heteroatoms. The van der Waals surface area contributed by atoms with Crippen LogP contribution in [-0.2, 0) is 19.6 Å². The maximum atomic E-state index is 3.58. The molecule has 0 unspecified atom stereocenters. The van der Waals surface area contributed by atoms with Crippen LogP contribution in [0.5, 0.6) is 0 Å². The van der Waals surface area contributed by atoms with Crippen LogP contribution in [0.25, 0.3) is 10.9 Å². The van der Waals surface area contributed by atoms with Crippen molar-refractivity contribution in [3.05, 3.63) is 70.9 Å². The molecule has 2 heterocycles. The molecule has 1 aliphatic heterocycles. The zero-order valence-electron chi connectivity index (χ0n) is 17.5. The lowest BCUT2D eigenvalue weighted by Gasteiger charge is -2.22. The van der Waals surface area contributed by atoms with Gasteiger partial charge in [-0.25, -0.2) is 0 Å². The molecule has 2 aromatic carbocycles. The molecule has 0 saturated carbocycles. The third-order valence-electron chi connectivity index (χ3n) is 5.99. The van der Waals surface area contributed by atoms with Crippen molar-refractivity contribution in [3.63, 3.8) is 0 Å². The summed E-state index contributed by atoms with van der Waals surface area (Å²) in [5, 5.41) is 1.36. The number of hydrogen-bond donors (Lipinski definition) is 1. The van der Waals surface area contributed by atoms with Gasteiger partial charge in [-0.1, -0.05) is 50.2 Å². The van der Waals surface area contributed by atoms with Crippen LogP contribution in [-0.4, -0.2) is 34.9 Å². The summed E-state index contributed by atoms with van der Waals surface area (Å²) in [7, 11) is 2.24. The van der Waals surface area contributed by atoms with E-state index in [1.807, 2.05) is 0 Å². The van der Waals surface area contributed by atoms with E-state index in [1.54, 1.807) is 0 Å². The van der Waals surface area contributed by atoms with Crippen LogP contribution in [0.3, 0.4) is 0 Å². The molecular formula is C25H33N3. The van der Waals surface area contributed by atoms with Crippen LogP contribution in [0.15, 0.2) is 48.5 Å². The number of aromatic amines is 1. The Morgan fingerprint density at radius 3 is 2.36 bits per heavy atom. The second-order valence-corrected chi connectivity index (χ2v) is 8.68. The number of rotatable bonds is 7. The van der Waals surface area contributed by atoms with Crippen LogP contribution in [0.1, 0.15) is 55.0 Å². The minimum absolute atomic E-state index is 0.524. The number of aromatic nitrogens is 1. The highest BCUT2D eigenvalue weighted by atomic mass is 15.1. The fourth-order valence-corrected chi connectivity index (χ4v) is 4.37. The predicted octanol–water partition coefficient (Wildman–Crippen LogP) is 5.52. The van der Waals surface area contributed by atoms with E-state index in [0.29, 0.717) is 5.92 Å². The summed E-state index contributed by atoms with van der Waals surface area (Å²) >= 11 is 0. The zero-order valence-corrected chi connectivity index (χ0v) is 17.5. The highest BCUT2D eigenvalue weighted by molar-refractivity contribution is 5.84. The zero-order chi connectivity index (χ0) is 19.5. The first-order valence-electron chi connectivity index (χ1n) is 10.7. The second kappa shape index (κ2) is 8.50. The van der Waals surface area contributed by atoms with Crippen LogP contribution in [0.4, 0.5) is 0 Å². The Bertz CT molecular complexity index is 918. The fraction of sp³-hybridized carbons (Fsp3) is 0.440. The minimum Gasteiger partial charge on any atom is -0.358 e. The van der Waals surface area contributed by atoms with Gasteiger partial charge in [0.15, 0.2) is 0 Å². The summed E-state index contributed by atoms with van der Waals surface area (Å²) < 4.78 is 0. The molecular weight excluding hydrogens is 342 g/mol. The van der Waals surface area contributed by atoms with E-state index >= 15 is 0 Å². The molecule has 148 valence electrons. The van der Waals surface area contributed by atoms with Crippen molar-refractivity contribution >= 4 is 10.9 Å². The van der Waals surface area contributed by atoms with E-state index in [1.165, 1.54) is 59.2 Å². The molecule has 0 atom stereocenters. The molecule has 3 nitrogen and oxygen atoms in total. The third kappa shape index (κ3) is 4.31. The van der Waals surface area contributed by atoms with Crippen LogP contribution >= 0.6 is 0 Å². The number of hydrogen-bond acceptors (Lipinski definition) is 2. The van der Waals surface area contributed by atoms with Gasteiger partial charge in [0.05, 0.1) is 0 Å². The van der Waals surface area contributed by atoms with E-state index in [9.17, 15) is 0 Å². The highest BCUT2D eigenvalue weighted by Crippen LogP contribution is 2.25. The van der Waals surface area contributed by atoms with Gasteiger partial charge in [-0.15, -0.1) is 0 Å². The van der Waals surface area contributed by atoms with Crippen molar-refractivity contribution in [2.24, 2.45) is 0 Å². The Morgan fingerprint density at radius 2 is 1.61 bits per heavy atom. The standard InChI is InChI=1S/C25H33N3/c1-19(2)25-15-23-22(11-8-12-24(23)26-25)17-27(3)16-20-9-4-5-10-21(20)18-28-13-6-7-14-28/h4-5,8-12,15,19,26H,6-7,13-14,16-18H2,1-3H3. The Balaban J connectivity index is 1.49. The average molecular weight is 376 g/mol. The van der Waals surface area contributed by atoms with E-state index in [2.05, 4.69) is 84.2 Å². The SMILES string of the molecule is CC(C)c1cc2c(CN(C)Cc3ccccc3CN3CCCC3)cccc2[nH]1. The van der Waals surface area contributed by atoms with Gasteiger partial charge in [0.1, 0.15) is 0 Å². The Kier molecular flexibility index (Phi) is 5.84. The molecule has 1 saturated heterocycles. The number of nitrogens with zero attached hydrogens (tertiary/aromatic N) is 2. The molecule has 0 amide bonds. The largest absolute Gasteiger partial charge is 0.358 e. The first-order valence-corrected chi connectivity index (χ1v) is 10.7. The van der Waals surface area contributed by atoms with E-state index in [-0.39, 0.29) is 0 Å². The topological polar surface area (TPSA) is 22.3 Å². The molecule has 0 spiro atoms. The van der Waals surface area contributed by atoms with E-state index in [0.717, 1.165) is 19.6 Å². The van der Waals surface area contributed by atoms with E-state index < -0.39 is 0 Å². The Morgan fingerprint density at radius 1 is 0.929 bits per heavy atom. The van der Waals surface area contributed by atoms with Crippen LogP contribution < -0.4 is 0 Å². The molecule has 28 heavy (non-hydrogen) atoms. The number of benzene rings is 2. The molecule has 1 aliphatic rings. The quantitative estimate of drug-likeness (QED) is 0.587. The van der Waals surface area contributed by atoms with Crippen molar-refractivity contribution in [2.45, 2.75) is 52.2 Å². The number of H-pyrrole nitrogens is 1. The summed E-state index contributed by atoms with van der Waals surface area (Å²) in [5.41, 5.74) is 6.92. The number of nitrogens with one attached hydrogen (secondary N) is 1. The summed E-state index contributed by atoms with van der Waals surface area (Å²) in [5.74, 6) is 0.524. The molecule has 1 N–H and O–H groups in total. The predicted molar refractivity (Wildman–Crippen MR) is 119 cm³/mol. The lowest BCUT2D eigenvalue weighted by Crippen LogP contribution is -2.22. The van der Waals surface area contributed by atoms with Gasteiger partial charge in [-0.05, 0) is 67.7 Å². The summed E-state index contributed by atoms with van der Waals surface area (Å²) in [4.78, 5) is 8.62. The normalized spacial score (nSPS) is 15.3. The van der Waals surface area contributed by atoms with Gasteiger partial charge in [0.25, 0.3) is 0 Å². The summed E-state index contributed by atoms with van der Waals surface area (Å²) in [6, 6.07) is 17.9. The average Bonchev–Trinajstić information content (AvgIpc) is 3.33. The third-order valence-corrected chi connectivity index (χ3v) is 5.99. The lowest BCUT2D eigenvalue weighted by atomic mass is 10.1. The lowest BCUT2D eigenvalue weighted by molar-refractivity contribution is 0.308. The molecule has 4 rings (SSSR count). The van der Waals surface area contributed by atoms with Gasteiger partial charge in [-0.3, -0.25) is 9.80 Å². The number of fused-ring (bicyclic) bond motifs is 1. The first-order chi connectivity index (χ1) is 13.6. The van der Waals surface area contributed by atoms with Crippen molar-refractivity contribution < 1.29 is 0 Å². The number of likely N-dealkylation sites (tertiary alicyclic amines) is 1. The Labute approximate surface area is 169 Å². The van der Waals surface area contributed by atoms with Crippen molar-refractivity contribution in [1.82, 2.24) is 14.8 Å². The smallest absolute Gasteiger partial charge is 0.0459 e. The maximum absolute atomic E-state index is 3.58. The van der Waals surface area contributed by atoms with Gasteiger partial charge >= 0.3 is 0 Å². The molecule has 1 fully saturated rings. The van der Waals surface area contributed by atoms with Crippen LogP contribution in [0.2, 0.25) is 0 Å². The van der Waals surface area contributed by atoms with Gasteiger partial charge in [-0.2, -0.15) is 0 Å². The van der Waals surface area contributed by atoms with Gasteiger partial charge in [0, 0.05) is 36.2 Å². The molecule has 0 radical (unpaired) electrons. The van der Waals surface area contributed by atoms with Crippen molar-refractivity contribution in [2.75, 3.05) is 20.1 Å². The summed E-state index contributed by atoms with van der Waals surface area (Å²) in [6.07, 6.45) is 2.70. The van der Waals surface area contributed by atoms with Gasteiger partial charge < -0.3 is 4.98 Å².